The second-order valence-corrected chi connectivity index (χ2v) is 6.08. The molecule has 1 aromatic rings. The fourth-order valence-corrected chi connectivity index (χ4v) is 2.71. The largest absolute Gasteiger partial charge is 0.347 e. The van der Waals surface area contributed by atoms with E-state index in [0.717, 1.165) is 5.56 Å². The molecule has 0 aromatic heterocycles. The SMILES string of the molecule is Cc1ccc(C(=O)N[C@@H]2CN(C(C)C)C[C@@H]2C(=O)NO)cc1. The van der Waals surface area contributed by atoms with Gasteiger partial charge in [-0.25, -0.2) is 5.48 Å². The number of benzene rings is 1. The minimum absolute atomic E-state index is 0.202. The molecule has 2 amide bonds. The predicted molar refractivity (Wildman–Crippen MR) is 82.6 cm³/mol. The van der Waals surface area contributed by atoms with Gasteiger partial charge in [0.25, 0.3) is 5.91 Å². The summed E-state index contributed by atoms with van der Waals surface area (Å²) in [7, 11) is 0. The Morgan fingerprint density at radius 2 is 1.86 bits per heavy atom. The topological polar surface area (TPSA) is 81.7 Å². The third-order valence-corrected chi connectivity index (χ3v) is 4.16. The molecule has 0 unspecified atom stereocenters. The summed E-state index contributed by atoms with van der Waals surface area (Å²) < 4.78 is 0. The minimum Gasteiger partial charge on any atom is -0.347 e. The van der Waals surface area contributed by atoms with Gasteiger partial charge in [-0.3, -0.25) is 19.7 Å². The molecule has 0 spiro atoms. The van der Waals surface area contributed by atoms with E-state index in [-0.39, 0.29) is 18.0 Å². The molecule has 0 saturated carbocycles. The summed E-state index contributed by atoms with van der Waals surface area (Å²) in [5.74, 6) is -1.12. The lowest BCUT2D eigenvalue weighted by molar-refractivity contribution is -0.133. The summed E-state index contributed by atoms with van der Waals surface area (Å²) in [6, 6.07) is 7.24. The molecule has 120 valence electrons. The lowest BCUT2D eigenvalue weighted by Gasteiger charge is -2.20. The molecule has 1 aliphatic rings. The number of hydrogen-bond donors (Lipinski definition) is 3. The van der Waals surface area contributed by atoms with Gasteiger partial charge in [0.1, 0.15) is 0 Å². The van der Waals surface area contributed by atoms with E-state index in [0.29, 0.717) is 18.7 Å². The Balaban J connectivity index is 2.09. The molecule has 1 heterocycles. The molecule has 6 nitrogen and oxygen atoms in total. The molecule has 6 heteroatoms. The molecular formula is C16H23N3O3. The third kappa shape index (κ3) is 3.64. The van der Waals surface area contributed by atoms with Gasteiger partial charge in [-0.1, -0.05) is 17.7 Å². The second kappa shape index (κ2) is 6.89. The average Bonchev–Trinajstić information content (AvgIpc) is 2.91. The fraction of sp³-hybridized carbons (Fsp3) is 0.500. The van der Waals surface area contributed by atoms with Crippen molar-refractivity contribution in [2.24, 2.45) is 5.92 Å². The summed E-state index contributed by atoms with van der Waals surface area (Å²) in [6.07, 6.45) is 0. The molecule has 1 saturated heterocycles. The van der Waals surface area contributed by atoms with Crippen LogP contribution >= 0.6 is 0 Å². The van der Waals surface area contributed by atoms with Crippen LogP contribution < -0.4 is 10.8 Å². The molecule has 0 bridgehead atoms. The van der Waals surface area contributed by atoms with Gasteiger partial charge in [-0.15, -0.1) is 0 Å². The molecule has 3 N–H and O–H groups in total. The number of likely N-dealkylation sites (tertiary alicyclic amines) is 1. The summed E-state index contributed by atoms with van der Waals surface area (Å²) in [5.41, 5.74) is 3.35. The molecule has 1 fully saturated rings. The van der Waals surface area contributed by atoms with E-state index >= 15 is 0 Å². The van der Waals surface area contributed by atoms with Crippen molar-refractivity contribution in [2.75, 3.05) is 13.1 Å². The Kier molecular flexibility index (Phi) is 5.15. The fourth-order valence-electron chi connectivity index (χ4n) is 2.71. The standard InChI is InChI=1S/C16H23N3O3/c1-10(2)19-8-13(16(21)18-22)14(9-19)17-15(20)12-6-4-11(3)5-7-12/h4-7,10,13-14,22H,8-9H2,1-3H3,(H,17,20)(H,18,21)/t13-,14+/m0/s1. The molecule has 0 aliphatic carbocycles. The minimum atomic E-state index is -0.461. The van der Waals surface area contributed by atoms with Crippen molar-refractivity contribution in [1.82, 2.24) is 15.7 Å². The number of rotatable bonds is 4. The number of carbonyl (C=O) groups excluding carboxylic acids is 2. The van der Waals surface area contributed by atoms with Crippen molar-refractivity contribution in [3.05, 3.63) is 35.4 Å². The molecule has 2 atom stereocenters. The highest BCUT2D eigenvalue weighted by molar-refractivity contribution is 5.95. The van der Waals surface area contributed by atoms with Gasteiger partial charge in [0.15, 0.2) is 0 Å². The van der Waals surface area contributed by atoms with Gasteiger partial charge >= 0.3 is 0 Å². The van der Waals surface area contributed by atoms with Crippen LogP contribution in [-0.4, -0.2) is 47.1 Å². The highest BCUT2D eigenvalue weighted by Gasteiger charge is 2.39. The number of amides is 2. The van der Waals surface area contributed by atoms with Crippen LogP contribution in [-0.2, 0) is 4.79 Å². The molecule has 2 rings (SSSR count). The molecule has 22 heavy (non-hydrogen) atoms. The number of aryl methyl sites for hydroxylation is 1. The van der Waals surface area contributed by atoms with Crippen molar-refractivity contribution >= 4 is 11.8 Å². The van der Waals surface area contributed by atoms with Gasteiger partial charge < -0.3 is 5.32 Å². The van der Waals surface area contributed by atoms with Crippen LogP contribution in [0.5, 0.6) is 0 Å². The number of hydroxylamine groups is 1. The van der Waals surface area contributed by atoms with Crippen LogP contribution in [0.1, 0.15) is 29.8 Å². The smallest absolute Gasteiger partial charge is 0.251 e. The van der Waals surface area contributed by atoms with Crippen LogP contribution in [0.15, 0.2) is 24.3 Å². The zero-order valence-electron chi connectivity index (χ0n) is 13.2. The molecule has 1 aromatic carbocycles. The number of nitrogens with zero attached hydrogens (tertiary/aromatic N) is 1. The van der Waals surface area contributed by atoms with Crippen LogP contribution in [0.25, 0.3) is 0 Å². The normalized spacial score (nSPS) is 21.9. The van der Waals surface area contributed by atoms with Crippen LogP contribution in [0.3, 0.4) is 0 Å². The van der Waals surface area contributed by atoms with Gasteiger partial charge in [-0.05, 0) is 32.9 Å². The lowest BCUT2D eigenvalue weighted by atomic mass is 10.0. The Hall–Kier alpha value is -1.92. The molecular weight excluding hydrogens is 282 g/mol. The predicted octanol–water partition coefficient (Wildman–Crippen LogP) is 0.939. The van der Waals surface area contributed by atoms with Crippen molar-refractivity contribution in [2.45, 2.75) is 32.9 Å². The first-order valence-corrected chi connectivity index (χ1v) is 7.48. The van der Waals surface area contributed by atoms with E-state index in [1.54, 1.807) is 17.6 Å². The van der Waals surface area contributed by atoms with E-state index in [1.807, 2.05) is 32.9 Å². The summed E-state index contributed by atoms with van der Waals surface area (Å²) in [4.78, 5) is 26.2. The first-order valence-electron chi connectivity index (χ1n) is 7.48. The van der Waals surface area contributed by atoms with Gasteiger partial charge in [0.05, 0.1) is 12.0 Å². The lowest BCUT2D eigenvalue weighted by Crippen LogP contribution is -2.45. The maximum atomic E-state index is 12.3. The molecule has 0 radical (unpaired) electrons. The van der Waals surface area contributed by atoms with Crippen LogP contribution in [0, 0.1) is 12.8 Å². The highest BCUT2D eigenvalue weighted by atomic mass is 16.5. The maximum Gasteiger partial charge on any atom is 0.251 e. The van der Waals surface area contributed by atoms with Gasteiger partial charge in [-0.2, -0.15) is 0 Å². The van der Waals surface area contributed by atoms with Gasteiger partial charge in [0.2, 0.25) is 5.91 Å². The quantitative estimate of drug-likeness (QED) is 0.571. The van der Waals surface area contributed by atoms with Crippen molar-refractivity contribution in [3.8, 4) is 0 Å². The van der Waals surface area contributed by atoms with Crippen molar-refractivity contribution in [1.29, 1.82) is 0 Å². The average molecular weight is 305 g/mol. The van der Waals surface area contributed by atoms with Crippen LogP contribution in [0.2, 0.25) is 0 Å². The monoisotopic (exact) mass is 305 g/mol. The highest BCUT2D eigenvalue weighted by Crippen LogP contribution is 2.20. The number of nitrogens with one attached hydrogen (secondary N) is 2. The van der Waals surface area contributed by atoms with E-state index in [9.17, 15) is 9.59 Å². The van der Waals surface area contributed by atoms with E-state index in [1.165, 1.54) is 0 Å². The Bertz CT molecular complexity index is 542. The van der Waals surface area contributed by atoms with Crippen molar-refractivity contribution in [3.63, 3.8) is 0 Å². The Labute approximate surface area is 130 Å². The zero-order chi connectivity index (χ0) is 16.3. The van der Waals surface area contributed by atoms with Gasteiger partial charge in [0, 0.05) is 24.7 Å². The Morgan fingerprint density at radius 3 is 2.41 bits per heavy atom. The number of hydrogen-bond acceptors (Lipinski definition) is 4. The summed E-state index contributed by atoms with van der Waals surface area (Å²) in [5, 5.41) is 11.8. The van der Waals surface area contributed by atoms with E-state index < -0.39 is 11.8 Å². The van der Waals surface area contributed by atoms with Crippen LogP contribution in [0.4, 0.5) is 0 Å². The number of carbonyl (C=O) groups is 2. The first-order chi connectivity index (χ1) is 10.4. The Morgan fingerprint density at radius 1 is 1.23 bits per heavy atom. The maximum absolute atomic E-state index is 12.3. The molecule has 1 aliphatic heterocycles. The zero-order valence-corrected chi connectivity index (χ0v) is 13.2. The third-order valence-electron chi connectivity index (χ3n) is 4.16. The second-order valence-electron chi connectivity index (χ2n) is 6.08. The van der Waals surface area contributed by atoms with Crippen molar-refractivity contribution < 1.29 is 14.8 Å². The van der Waals surface area contributed by atoms with E-state index in [4.69, 9.17) is 5.21 Å². The summed E-state index contributed by atoms with van der Waals surface area (Å²) >= 11 is 0. The van der Waals surface area contributed by atoms with E-state index in [2.05, 4.69) is 10.2 Å². The first kappa shape index (κ1) is 16.5. The summed E-state index contributed by atoms with van der Waals surface area (Å²) in [6.45, 7) is 7.15.